The van der Waals surface area contributed by atoms with E-state index in [-0.39, 0.29) is 0 Å². The van der Waals surface area contributed by atoms with Crippen molar-refractivity contribution in [3.05, 3.63) is 54.1 Å². The first kappa shape index (κ1) is 14.1. The summed E-state index contributed by atoms with van der Waals surface area (Å²) in [6.07, 6.45) is 1.08. The van der Waals surface area contributed by atoms with Crippen molar-refractivity contribution in [3.63, 3.8) is 0 Å². The minimum Gasteiger partial charge on any atom is -0.508 e. The van der Waals surface area contributed by atoms with E-state index in [4.69, 9.17) is 4.74 Å². The van der Waals surface area contributed by atoms with Gasteiger partial charge in [0.25, 0.3) is 0 Å². The van der Waals surface area contributed by atoms with Gasteiger partial charge >= 0.3 is 0 Å². The van der Waals surface area contributed by atoms with Crippen LogP contribution in [0.2, 0.25) is 0 Å². The van der Waals surface area contributed by atoms with Gasteiger partial charge in [0.05, 0.1) is 13.2 Å². The minimum atomic E-state index is 0.306. The van der Waals surface area contributed by atoms with Crippen LogP contribution in [-0.4, -0.2) is 42.9 Å². The molecule has 1 fully saturated rings. The van der Waals surface area contributed by atoms with Crippen molar-refractivity contribution in [2.24, 2.45) is 0 Å². The van der Waals surface area contributed by atoms with Crippen LogP contribution < -0.4 is 0 Å². The number of phenolic OH excluding ortho intramolecular Hbond substituents is 1. The van der Waals surface area contributed by atoms with E-state index in [1.807, 2.05) is 12.1 Å². The molecule has 21 heavy (non-hydrogen) atoms. The largest absolute Gasteiger partial charge is 0.508 e. The summed E-state index contributed by atoms with van der Waals surface area (Å²) in [5.41, 5.74) is 3.68. The van der Waals surface area contributed by atoms with Gasteiger partial charge in [-0.2, -0.15) is 0 Å². The normalized spacial score (nSPS) is 16.0. The molecule has 0 unspecified atom stereocenters. The minimum absolute atomic E-state index is 0.306. The Labute approximate surface area is 125 Å². The first-order valence-corrected chi connectivity index (χ1v) is 7.50. The lowest BCUT2D eigenvalue weighted by atomic mass is 10.0. The van der Waals surface area contributed by atoms with E-state index in [9.17, 15) is 5.11 Å². The van der Waals surface area contributed by atoms with Crippen molar-refractivity contribution >= 4 is 0 Å². The lowest BCUT2D eigenvalue weighted by Gasteiger charge is -2.26. The Hall–Kier alpha value is -1.84. The number of hydrogen-bond donors (Lipinski definition) is 1. The Kier molecular flexibility index (Phi) is 4.53. The van der Waals surface area contributed by atoms with E-state index in [0.29, 0.717) is 5.75 Å². The summed E-state index contributed by atoms with van der Waals surface area (Å²) in [4.78, 5) is 2.46. The van der Waals surface area contributed by atoms with Crippen molar-refractivity contribution in [3.8, 4) is 16.9 Å². The van der Waals surface area contributed by atoms with Crippen LogP contribution in [0.15, 0.2) is 48.5 Å². The molecule has 0 amide bonds. The third kappa shape index (κ3) is 3.84. The van der Waals surface area contributed by atoms with Gasteiger partial charge in [0.1, 0.15) is 5.75 Å². The molecule has 2 aromatic rings. The van der Waals surface area contributed by atoms with Gasteiger partial charge in [-0.1, -0.05) is 36.4 Å². The zero-order valence-electron chi connectivity index (χ0n) is 12.2. The quantitative estimate of drug-likeness (QED) is 0.936. The molecule has 0 saturated carbocycles. The average Bonchev–Trinajstić information content (AvgIpc) is 2.55. The van der Waals surface area contributed by atoms with Crippen molar-refractivity contribution in [2.75, 3.05) is 32.8 Å². The van der Waals surface area contributed by atoms with E-state index < -0.39 is 0 Å². The number of hydrogen-bond acceptors (Lipinski definition) is 3. The lowest BCUT2D eigenvalue weighted by Crippen LogP contribution is -2.37. The van der Waals surface area contributed by atoms with Crippen molar-refractivity contribution in [1.29, 1.82) is 0 Å². The molecule has 0 atom stereocenters. The highest BCUT2D eigenvalue weighted by Crippen LogP contribution is 2.22. The molecular formula is C18H21NO2. The van der Waals surface area contributed by atoms with Gasteiger partial charge < -0.3 is 9.84 Å². The number of morpholine rings is 1. The van der Waals surface area contributed by atoms with Crippen LogP contribution in [0.5, 0.6) is 5.75 Å². The molecule has 1 saturated heterocycles. The fraction of sp³-hybridized carbons (Fsp3) is 0.333. The van der Waals surface area contributed by atoms with Crippen LogP contribution in [0.1, 0.15) is 5.56 Å². The maximum Gasteiger partial charge on any atom is 0.115 e. The monoisotopic (exact) mass is 283 g/mol. The molecule has 1 N–H and O–H groups in total. The van der Waals surface area contributed by atoms with Crippen LogP contribution in [-0.2, 0) is 11.2 Å². The van der Waals surface area contributed by atoms with Crippen LogP contribution >= 0.6 is 0 Å². The number of ether oxygens (including phenoxy) is 1. The summed E-state index contributed by atoms with van der Waals surface area (Å²) in [5.74, 6) is 0.306. The van der Waals surface area contributed by atoms with Crippen LogP contribution in [0.4, 0.5) is 0 Å². The first-order chi connectivity index (χ1) is 10.3. The zero-order valence-corrected chi connectivity index (χ0v) is 12.2. The molecule has 2 aromatic carbocycles. The second kappa shape index (κ2) is 6.74. The molecule has 3 rings (SSSR count). The van der Waals surface area contributed by atoms with Crippen molar-refractivity contribution in [1.82, 2.24) is 4.90 Å². The molecule has 0 aromatic heterocycles. The van der Waals surface area contributed by atoms with Gasteiger partial charge in [0, 0.05) is 19.6 Å². The third-order valence-electron chi connectivity index (χ3n) is 3.97. The van der Waals surface area contributed by atoms with Gasteiger partial charge in [-0.05, 0) is 35.2 Å². The van der Waals surface area contributed by atoms with Gasteiger partial charge in [-0.15, -0.1) is 0 Å². The Balaban J connectivity index is 1.59. The summed E-state index contributed by atoms with van der Waals surface area (Å²) in [6.45, 7) is 4.92. The Morgan fingerprint density at radius 3 is 2.05 bits per heavy atom. The SMILES string of the molecule is Oc1ccc(-c2ccc(CCN3CCOCC3)cc2)cc1. The zero-order chi connectivity index (χ0) is 14.5. The van der Waals surface area contributed by atoms with E-state index in [1.54, 1.807) is 12.1 Å². The predicted molar refractivity (Wildman–Crippen MR) is 84.5 cm³/mol. The summed E-state index contributed by atoms with van der Waals surface area (Å²) in [5, 5.41) is 9.33. The van der Waals surface area contributed by atoms with Gasteiger partial charge in [0.2, 0.25) is 0 Å². The van der Waals surface area contributed by atoms with Crippen molar-refractivity contribution < 1.29 is 9.84 Å². The smallest absolute Gasteiger partial charge is 0.115 e. The summed E-state index contributed by atoms with van der Waals surface area (Å²) < 4.78 is 5.37. The summed E-state index contributed by atoms with van der Waals surface area (Å²) in [6, 6.07) is 16.0. The van der Waals surface area contributed by atoms with Crippen LogP contribution in [0.25, 0.3) is 11.1 Å². The maximum absolute atomic E-state index is 9.33. The van der Waals surface area contributed by atoms with Crippen LogP contribution in [0, 0.1) is 0 Å². The molecule has 1 aliphatic rings. The lowest BCUT2D eigenvalue weighted by molar-refractivity contribution is 0.0384. The average molecular weight is 283 g/mol. The predicted octanol–water partition coefficient (Wildman–Crippen LogP) is 2.93. The fourth-order valence-electron chi connectivity index (χ4n) is 2.63. The molecule has 0 bridgehead atoms. The Bertz CT molecular complexity index is 557. The van der Waals surface area contributed by atoms with E-state index >= 15 is 0 Å². The molecule has 0 radical (unpaired) electrons. The topological polar surface area (TPSA) is 32.7 Å². The number of rotatable bonds is 4. The van der Waals surface area contributed by atoms with Gasteiger partial charge in [-0.25, -0.2) is 0 Å². The molecule has 3 nitrogen and oxygen atoms in total. The highest BCUT2D eigenvalue weighted by atomic mass is 16.5. The van der Waals surface area contributed by atoms with Crippen molar-refractivity contribution in [2.45, 2.75) is 6.42 Å². The summed E-state index contributed by atoms with van der Waals surface area (Å²) in [7, 11) is 0. The standard InChI is InChI=1S/C18H21NO2/c20-18-7-5-17(6-8-18)16-3-1-15(2-4-16)9-10-19-11-13-21-14-12-19/h1-8,20H,9-14H2. The number of nitrogens with zero attached hydrogens (tertiary/aromatic N) is 1. The van der Waals surface area contributed by atoms with E-state index in [1.165, 1.54) is 11.1 Å². The van der Waals surface area contributed by atoms with E-state index in [2.05, 4.69) is 29.2 Å². The highest BCUT2D eigenvalue weighted by Gasteiger charge is 2.09. The molecule has 3 heteroatoms. The number of phenols is 1. The Morgan fingerprint density at radius 1 is 0.857 bits per heavy atom. The molecule has 1 heterocycles. The molecule has 1 aliphatic heterocycles. The van der Waals surface area contributed by atoms with Gasteiger partial charge in [-0.3, -0.25) is 4.90 Å². The third-order valence-corrected chi connectivity index (χ3v) is 3.97. The van der Waals surface area contributed by atoms with E-state index in [0.717, 1.165) is 44.8 Å². The highest BCUT2D eigenvalue weighted by molar-refractivity contribution is 5.64. The Morgan fingerprint density at radius 2 is 1.43 bits per heavy atom. The second-order valence-electron chi connectivity index (χ2n) is 5.45. The molecule has 0 spiro atoms. The van der Waals surface area contributed by atoms with Gasteiger partial charge in [0.15, 0.2) is 0 Å². The molecular weight excluding hydrogens is 262 g/mol. The number of benzene rings is 2. The van der Waals surface area contributed by atoms with Crippen LogP contribution in [0.3, 0.4) is 0 Å². The second-order valence-corrected chi connectivity index (χ2v) is 5.45. The summed E-state index contributed by atoms with van der Waals surface area (Å²) >= 11 is 0. The maximum atomic E-state index is 9.33. The molecule has 0 aliphatic carbocycles. The molecule has 110 valence electrons. The first-order valence-electron chi connectivity index (χ1n) is 7.50. The fourth-order valence-corrected chi connectivity index (χ4v) is 2.63. The number of aromatic hydroxyl groups is 1.